The maximum absolute atomic E-state index is 5.01. The molecular formula is C15H32N2O. The van der Waals surface area contributed by atoms with E-state index in [2.05, 4.69) is 24.1 Å². The van der Waals surface area contributed by atoms with Gasteiger partial charge in [0.05, 0.1) is 6.61 Å². The van der Waals surface area contributed by atoms with Crippen LogP contribution in [0.15, 0.2) is 0 Å². The normalized spacial score (nSPS) is 20.2. The van der Waals surface area contributed by atoms with E-state index in [9.17, 15) is 0 Å². The fourth-order valence-corrected chi connectivity index (χ4v) is 2.93. The van der Waals surface area contributed by atoms with Crippen molar-refractivity contribution in [2.75, 3.05) is 46.4 Å². The molecule has 1 heterocycles. The minimum Gasteiger partial charge on any atom is -0.383 e. The molecule has 0 aliphatic carbocycles. The molecule has 0 radical (unpaired) electrons. The summed E-state index contributed by atoms with van der Waals surface area (Å²) < 4.78 is 5.01. The monoisotopic (exact) mass is 256 g/mol. The van der Waals surface area contributed by atoms with E-state index in [4.69, 9.17) is 4.74 Å². The highest BCUT2D eigenvalue weighted by molar-refractivity contribution is 4.83. The summed E-state index contributed by atoms with van der Waals surface area (Å²) in [5.41, 5.74) is 0.660. The average molecular weight is 256 g/mol. The van der Waals surface area contributed by atoms with Gasteiger partial charge in [0.2, 0.25) is 0 Å². The fraction of sp³-hybridized carbons (Fsp3) is 1.00. The first-order valence-corrected chi connectivity index (χ1v) is 7.68. The summed E-state index contributed by atoms with van der Waals surface area (Å²) in [5.74, 6) is 0. The Balaban J connectivity index is 2.05. The Morgan fingerprint density at radius 2 is 1.78 bits per heavy atom. The summed E-state index contributed by atoms with van der Waals surface area (Å²) in [4.78, 5) is 2.64. The predicted octanol–water partition coefficient (Wildman–Crippen LogP) is 2.51. The summed E-state index contributed by atoms with van der Waals surface area (Å²) in [5, 5.41) is 3.41. The van der Waals surface area contributed by atoms with Crippen LogP contribution in [0.2, 0.25) is 0 Å². The number of piperidine rings is 1. The Labute approximate surface area is 113 Å². The van der Waals surface area contributed by atoms with Crippen molar-refractivity contribution in [2.24, 2.45) is 5.41 Å². The molecule has 3 nitrogen and oxygen atoms in total. The van der Waals surface area contributed by atoms with Gasteiger partial charge in [0.15, 0.2) is 0 Å². The molecule has 3 heteroatoms. The van der Waals surface area contributed by atoms with Crippen LogP contribution < -0.4 is 5.32 Å². The molecule has 108 valence electrons. The number of methoxy groups -OCH3 is 1. The Hall–Kier alpha value is -0.120. The molecule has 1 saturated heterocycles. The number of likely N-dealkylation sites (tertiary alicyclic amines) is 1. The summed E-state index contributed by atoms with van der Waals surface area (Å²) in [6, 6.07) is 0. The molecular weight excluding hydrogens is 224 g/mol. The lowest BCUT2D eigenvalue weighted by Gasteiger charge is -2.41. The van der Waals surface area contributed by atoms with Crippen LogP contribution in [0.4, 0.5) is 0 Å². The van der Waals surface area contributed by atoms with Crippen molar-refractivity contribution in [2.45, 2.75) is 46.0 Å². The molecule has 0 amide bonds. The maximum Gasteiger partial charge on any atom is 0.0587 e. The Bertz CT molecular complexity index is 195. The van der Waals surface area contributed by atoms with Crippen molar-refractivity contribution in [3.63, 3.8) is 0 Å². The van der Waals surface area contributed by atoms with Crippen molar-refractivity contribution in [3.05, 3.63) is 0 Å². The van der Waals surface area contributed by atoms with Crippen molar-refractivity contribution in [3.8, 4) is 0 Å². The van der Waals surface area contributed by atoms with Gasteiger partial charge in [-0.1, -0.05) is 26.7 Å². The van der Waals surface area contributed by atoms with E-state index in [1.54, 1.807) is 7.11 Å². The summed E-state index contributed by atoms with van der Waals surface area (Å²) in [7, 11) is 1.75. The molecule has 0 spiro atoms. The second kappa shape index (κ2) is 8.89. The zero-order chi connectivity index (χ0) is 13.3. The van der Waals surface area contributed by atoms with Gasteiger partial charge in [-0.3, -0.25) is 0 Å². The standard InChI is InChI=1S/C15H32N2O/c1-4-15(5-2)7-12-17(13-8-15)11-6-9-16-10-14-18-3/h16H,4-14H2,1-3H3. The number of hydrogen-bond donors (Lipinski definition) is 1. The van der Waals surface area contributed by atoms with Crippen LogP contribution in [0.25, 0.3) is 0 Å². The molecule has 0 unspecified atom stereocenters. The molecule has 0 atom stereocenters. The third-order valence-corrected chi connectivity index (χ3v) is 4.73. The predicted molar refractivity (Wildman–Crippen MR) is 78.1 cm³/mol. The molecule has 0 aromatic heterocycles. The molecule has 0 aromatic rings. The fourth-order valence-electron chi connectivity index (χ4n) is 2.93. The van der Waals surface area contributed by atoms with Gasteiger partial charge in [0.1, 0.15) is 0 Å². The van der Waals surface area contributed by atoms with Crippen molar-refractivity contribution >= 4 is 0 Å². The second-order valence-electron chi connectivity index (χ2n) is 5.65. The van der Waals surface area contributed by atoms with Gasteiger partial charge < -0.3 is 15.0 Å². The average Bonchev–Trinajstić information content (AvgIpc) is 2.43. The van der Waals surface area contributed by atoms with Crippen LogP contribution in [-0.2, 0) is 4.74 Å². The summed E-state index contributed by atoms with van der Waals surface area (Å²) >= 11 is 0. The minimum absolute atomic E-state index is 0.660. The molecule has 0 bridgehead atoms. The lowest BCUT2D eigenvalue weighted by atomic mass is 9.74. The number of hydrogen-bond acceptors (Lipinski definition) is 3. The van der Waals surface area contributed by atoms with Crippen LogP contribution in [0.5, 0.6) is 0 Å². The smallest absolute Gasteiger partial charge is 0.0587 e. The molecule has 1 N–H and O–H groups in total. The number of nitrogens with one attached hydrogen (secondary N) is 1. The van der Waals surface area contributed by atoms with Gasteiger partial charge in [-0.25, -0.2) is 0 Å². The SMILES string of the molecule is CCC1(CC)CCN(CCCNCCOC)CC1. The van der Waals surface area contributed by atoms with Crippen LogP contribution in [0.3, 0.4) is 0 Å². The topological polar surface area (TPSA) is 24.5 Å². The van der Waals surface area contributed by atoms with Crippen LogP contribution in [0.1, 0.15) is 46.0 Å². The molecule has 1 aliphatic heterocycles. The Morgan fingerprint density at radius 1 is 1.11 bits per heavy atom. The lowest BCUT2D eigenvalue weighted by molar-refractivity contribution is 0.0946. The third-order valence-electron chi connectivity index (χ3n) is 4.73. The Kier molecular flexibility index (Phi) is 7.87. The van der Waals surface area contributed by atoms with Gasteiger partial charge in [0.25, 0.3) is 0 Å². The zero-order valence-corrected chi connectivity index (χ0v) is 12.6. The van der Waals surface area contributed by atoms with E-state index >= 15 is 0 Å². The number of nitrogens with zero attached hydrogens (tertiary/aromatic N) is 1. The van der Waals surface area contributed by atoms with E-state index in [1.165, 1.54) is 51.7 Å². The summed E-state index contributed by atoms with van der Waals surface area (Å²) in [6.45, 7) is 11.5. The first-order valence-electron chi connectivity index (χ1n) is 7.68. The minimum atomic E-state index is 0.660. The number of ether oxygens (including phenoxy) is 1. The van der Waals surface area contributed by atoms with E-state index in [1.807, 2.05) is 0 Å². The molecule has 18 heavy (non-hydrogen) atoms. The van der Waals surface area contributed by atoms with E-state index < -0.39 is 0 Å². The second-order valence-corrected chi connectivity index (χ2v) is 5.65. The zero-order valence-electron chi connectivity index (χ0n) is 12.6. The van der Waals surface area contributed by atoms with Crippen molar-refractivity contribution < 1.29 is 4.74 Å². The highest BCUT2D eigenvalue weighted by Crippen LogP contribution is 2.37. The largest absolute Gasteiger partial charge is 0.383 e. The molecule has 1 fully saturated rings. The highest BCUT2D eigenvalue weighted by Gasteiger charge is 2.30. The maximum atomic E-state index is 5.01. The van der Waals surface area contributed by atoms with Gasteiger partial charge in [-0.05, 0) is 50.9 Å². The molecule has 1 aliphatic rings. The summed E-state index contributed by atoms with van der Waals surface area (Å²) in [6.07, 6.45) is 6.77. The molecule has 0 saturated carbocycles. The van der Waals surface area contributed by atoms with Crippen LogP contribution in [-0.4, -0.2) is 51.3 Å². The Morgan fingerprint density at radius 3 is 2.33 bits per heavy atom. The third kappa shape index (κ3) is 5.25. The first-order chi connectivity index (χ1) is 8.76. The highest BCUT2D eigenvalue weighted by atomic mass is 16.5. The van der Waals surface area contributed by atoms with Gasteiger partial charge >= 0.3 is 0 Å². The quantitative estimate of drug-likeness (QED) is 0.642. The lowest BCUT2D eigenvalue weighted by Crippen LogP contribution is -2.40. The van der Waals surface area contributed by atoms with Gasteiger partial charge in [0, 0.05) is 13.7 Å². The van der Waals surface area contributed by atoms with E-state index in [0.717, 1.165) is 19.7 Å². The van der Waals surface area contributed by atoms with E-state index in [0.29, 0.717) is 5.41 Å². The number of rotatable bonds is 9. The molecule has 0 aromatic carbocycles. The first kappa shape index (κ1) is 15.9. The van der Waals surface area contributed by atoms with Crippen LogP contribution >= 0.6 is 0 Å². The van der Waals surface area contributed by atoms with Crippen molar-refractivity contribution in [1.82, 2.24) is 10.2 Å². The molecule has 1 rings (SSSR count). The van der Waals surface area contributed by atoms with Gasteiger partial charge in [-0.2, -0.15) is 0 Å². The van der Waals surface area contributed by atoms with Crippen molar-refractivity contribution in [1.29, 1.82) is 0 Å². The van der Waals surface area contributed by atoms with Crippen LogP contribution in [0, 0.1) is 5.41 Å². The van der Waals surface area contributed by atoms with Gasteiger partial charge in [-0.15, -0.1) is 0 Å². The van der Waals surface area contributed by atoms with E-state index in [-0.39, 0.29) is 0 Å².